The van der Waals surface area contributed by atoms with E-state index in [1.165, 1.54) is 0 Å². The van der Waals surface area contributed by atoms with Gasteiger partial charge in [-0.1, -0.05) is 13.8 Å². The van der Waals surface area contributed by atoms with Gasteiger partial charge in [-0.15, -0.1) is 0 Å². The normalized spacial score (nSPS) is 15.9. The van der Waals surface area contributed by atoms with Crippen molar-refractivity contribution in [3.05, 3.63) is 29.7 Å². The summed E-state index contributed by atoms with van der Waals surface area (Å²) in [6.07, 6.45) is 2.63. The number of imidazole rings is 1. The molecular weight excluding hydrogens is 304 g/mol. The minimum Gasteiger partial charge on any atom is -0.490 e. The number of piperazine rings is 1. The minimum absolute atomic E-state index is 0.0729. The van der Waals surface area contributed by atoms with Crippen LogP contribution in [-0.4, -0.2) is 64.4 Å². The van der Waals surface area contributed by atoms with E-state index in [1.807, 2.05) is 41.5 Å². The zero-order chi connectivity index (χ0) is 17.1. The predicted octanol–water partition coefficient (Wildman–Crippen LogP) is 2.07. The highest BCUT2D eigenvalue weighted by Gasteiger charge is 2.27. The fourth-order valence-corrected chi connectivity index (χ4v) is 3.25. The Bertz CT molecular complexity index is 717. The Labute approximate surface area is 143 Å². The number of fused-ring (bicyclic) bond motifs is 1. The largest absolute Gasteiger partial charge is 0.490 e. The van der Waals surface area contributed by atoms with Crippen LogP contribution in [0.5, 0.6) is 5.75 Å². The van der Waals surface area contributed by atoms with E-state index >= 15 is 0 Å². The van der Waals surface area contributed by atoms with Gasteiger partial charge >= 0.3 is 0 Å². The van der Waals surface area contributed by atoms with E-state index in [9.17, 15) is 4.79 Å². The van der Waals surface area contributed by atoms with Gasteiger partial charge in [-0.2, -0.15) is 0 Å². The fraction of sp³-hybridized carbons (Fsp3) is 0.556. The smallest absolute Gasteiger partial charge is 0.272 e. The molecule has 0 aromatic carbocycles. The Morgan fingerprint density at radius 1 is 1.21 bits per heavy atom. The second-order valence-electron chi connectivity index (χ2n) is 5.99. The van der Waals surface area contributed by atoms with Crippen LogP contribution in [0.2, 0.25) is 0 Å². The lowest BCUT2D eigenvalue weighted by molar-refractivity contribution is 0.0635. The number of aromatic nitrogens is 2. The highest BCUT2D eigenvalue weighted by molar-refractivity contribution is 5.95. The number of carbonyl (C=O) groups excluding carboxylic acids is 1. The van der Waals surface area contributed by atoms with Gasteiger partial charge in [0.1, 0.15) is 5.69 Å². The molecule has 2 aromatic rings. The molecule has 0 N–H and O–H groups in total. The minimum atomic E-state index is 0.0729. The van der Waals surface area contributed by atoms with Crippen LogP contribution in [-0.2, 0) is 6.42 Å². The van der Waals surface area contributed by atoms with Crippen molar-refractivity contribution in [3.63, 3.8) is 0 Å². The van der Waals surface area contributed by atoms with Crippen molar-refractivity contribution in [2.24, 2.45) is 0 Å². The highest BCUT2D eigenvalue weighted by Crippen LogP contribution is 2.24. The zero-order valence-electron chi connectivity index (χ0n) is 14.8. The fourth-order valence-electron chi connectivity index (χ4n) is 3.25. The first kappa shape index (κ1) is 16.8. The maximum atomic E-state index is 13.1. The third-order valence-corrected chi connectivity index (χ3v) is 4.63. The molecule has 2 aromatic heterocycles. The van der Waals surface area contributed by atoms with Gasteiger partial charge in [-0.05, 0) is 32.0 Å². The Morgan fingerprint density at radius 2 is 1.96 bits per heavy atom. The Balaban J connectivity index is 1.96. The number of ether oxygens (including phenoxy) is 1. The predicted molar refractivity (Wildman–Crippen MR) is 93.8 cm³/mol. The van der Waals surface area contributed by atoms with Gasteiger partial charge in [0.15, 0.2) is 11.4 Å². The summed E-state index contributed by atoms with van der Waals surface area (Å²) in [6, 6.07) is 3.81. The van der Waals surface area contributed by atoms with Crippen molar-refractivity contribution in [1.82, 2.24) is 19.2 Å². The summed E-state index contributed by atoms with van der Waals surface area (Å²) >= 11 is 0. The first-order valence-corrected chi connectivity index (χ1v) is 8.83. The quantitative estimate of drug-likeness (QED) is 0.842. The highest BCUT2D eigenvalue weighted by atomic mass is 16.5. The maximum Gasteiger partial charge on any atom is 0.272 e. The number of likely N-dealkylation sites (N-methyl/N-ethyl adjacent to an activating group) is 1. The van der Waals surface area contributed by atoms with Crippen LogP contribution in [0.1, 0.15) is 37.0 Å². The standard InChI is InChI=1S/C18H26N4O2/c1-4-14-16(18(23)21-12-10-20(5-2)11-13-21)22-9-7-8-15(24-6-3)17(22)19-14/h7-9H,4-6,10-13H2,1-3H3. The molecule has 3 heterocycles. The summed E-state index contributed by atoms with van der Waals surface area (Å²) in [4.78, 5) is 22.1. The van der Waals surface area contributed by atoms with E-state index in [0.717, 1.165) is 56.2 Å². The van der Waals surface area contributed by atoms with Gasteiger partial charge in [0.2, 0.25) is 0 Å². The van der Waals surface area contributed by atoms with Crippen molar-refractivity contribution in [2.45, 2.75) is 27.2 Å². The molecule has 0 saturated carbocycles. The molecule has 6 heteroatoms. The lowest BCUT2D eigenvalue weighted by Crippen LogP contribution is -2.48. The second kappa shape index (κ2) is 7.21. The van der Waals surface area contributed by atoms with Gasteiger partial charge in [-0.25, -0.2) is 4.98 Å². The van der Waals surface area contributed by atoms with E-state index < -0.39 is 0 Å². The van der Waals surface area contributed by atoms with Gasteiger partial charge in [-0.3, -0.25) is 9.20 Å². The molecule has 1 aliphatic rings. The Morgan fingerprint density at radius 3 is 2.58 bits per heavy atom. The molecule has 0 radical (unpaired) electrons. The van der Waals surface area contributed by atoms with Crippen LogP contribution in [0.4, 0.5) is 0 Å². The second-order valence-corrected chi connectivity index (χ2v) is 5.99. The van der Waals surface area contributed by atoms with Crippen LogP contribution < -0.4 is 4.74 Å². The number of pyridine rings is 1. The Kier molecular flexibility index (Phi) is 5.04. The molecule has 130 valence electrons. The van der Waals surface area contributed by atoms with Crippen LogP contribution >= 0.6 is 0 Å². The zero-order valence-corrected chi connectivity index (χ0v) is 14.8. The van der Waals surface area contributed by atoms with E-state index in [0.29, 0.717) is 12.3 Å². The summed E-state index contributed by atoms with van der Waals surface area (Å²) in [5, 5.41) is 0. The summed E-state index contributed by atoms with van der Waals surface area (Å²) in [5.74, 6) is 0.799. The van der Waals surface area contributed by atoms with Crippen LogP contribution in [0.3, 0.4) is 0 Å². The van der Waals surface area contributed by atoms with Crippen LogP contribution in [0.25, 0.3) is 5.65 Å². The van der Waals surface area contributed by atoms with Crippen molar-refractivity contribution in [3.8, 4) is 5.75 Å². The van der Waals surface area contributed by atoms with Gasteiger partial charge < -0.3 is 14.5 Å². The number of nitrogens with zero attached hydrogens (tertiary/aromatic N) is 4. The van der Waals surface area contributed by atoms with Crippen LogP contribution in [0.15, 0.2) is 18.3 Å². The van der Waals surface area contributed by atoms with E-state index in [1.54, 1.807) is 0 Å². The summed E-state index contributed by atoms with van der Waals surface area (Å²) < 4.78 is 7.56. The van der Waals surface area contributed by atoms with Gasteiger partial charge in [0.25, 0.3) is 5.91 Å². The monoisotopic (exact) mass is 330 g/mol. The Hall–Kier alpha value is -2.08. The molecule has 0 atom stereocenters. The lowest BCUT2D eigenvalue weighted by Gasteiger charge is -2.34. The molecule has 6 nitrogen and oxygen atoms in total. The van der Waals surface area contributed by atoms with Crippen molar-refractivity contribution in [1.29, 1.82) is 0 Å². The van der Waals surface area contributed by atoms with Crippen molar-refractivity contribution >= 4 is 11.6 Å². The van der Waals surface area contributed by atoms with Crippen LogP contribution in [0, 0.1) is 0 Å². The third kappa shape index (κ3) is 2.98. The van der Waals surface area contributed by atoms with E-state index in [-0.39, 0.29) is 5.91 Å². The molecule has 0 spiro atoms. The van der Waals surface area contributed by atoms with Gasteiger partial charge in [0.05, 0.1) is 12.3 Å². The van der Waals surface area contributed by atoms with Crippen molar-refractivity contribution in [2.75, 3.05) is 39.3 Å². The average molecular weight is 330 g/mol. The first-order valence-electron chi connectivity index (χ1n) is 8.83. The molecule has 1 fully saturated rings. The summed E-state index contributed by atoms with van der Waals surface area (Å²) in [6.45, 7) is 11.2. The van der Waals surface area contributed by atoms with E-state index in [2.05, 4.69) is 16.8 Å². The number of carbonyl (C=O) groups is 1. The number of rotatable bonds is 5. The molecule has 1 aliphatic heterocycles. The number of amides is 1. The first-order chi connectivity index (χ1) is 11.7. The average Bonchev–Trinajstić information content (AvgIpc) is 3.01. The SMILES string of the molecule is CCOc1cccn2c(C(=O)N3CCN(CC)CC3)c(CC)nc12. The van der Waals surface area contributed by atoms with Crippen molar-refractivity contribution < 1.29 is 9.53 Å². The number of hydrogen-bond acceptors (Lipinski definition) is 4. The maximum absolute atomic E-state index is 13.1. The summed E-state index contributed by atoms with van der Waals surface area (Å²) in [7, 11) is 0. The molecule has 3 rings (SSSR count). The molecule has 0 aliphatic carbocycles. The number of hydrogen-bond donors (Lipinski definition) is 0. The summed E-state index contributed by atoms with van der Waals surface area (Å²) in [5.41, 5.74) is 2.25. The lowest BCUT2D eigenvalue weighted by atomic mass is 10.2. The number of aryl methyl sites for hydroxylation is 1. The molecule has 24 heavy (non-hydrogen) atoms. The molecule has 0 bridgehead atoms. The van der Waals surface area contributed by atoms with E-state index in [4.69, 9.17) is 4.74 Å². The third-order valence-electron chi connectivity index (χ3n) is 4.63. The molecule has 1 amide bonds. The molecule has 1 saturated heterocycles. The topological polar surface area (TPSA) is 50.1 Å². The molecular formula is C18H26N4O2. The van der Waals surface area contributed by atoms with Gasteiger partial charge in [0, 0.05) is 32.4 Å². The molecule has 0 unspecified atom stereocenters.